The van der Waals surface area contributed by atoms with Crippen molar-refractivity contribution in [3.8, 4) is 22.9 Å². The van der Waals surface area contributed by atoms with Crippen LogP contribution in [0.15, 0.2) is 83.3 Å². The molecule has 1 N–H and O–H groups in total. The fraction of sp³-hybridized carbons (Fsp3) is 0.160. The van der Waals surface area contributed by atoms with Crippen LogP contribution in [0.1, 0.15) is 30.4 Å². The summed E-state index contributed by atoms with van der Waals surface area (Å²) in [6, 6.07) is 25.2. The number of benzene rings is 3. The molecule has 5 nitrogen and oxygen atoms in total. The summed E-state index contributed by atoms with van der Waals surface area (Å²) in [5, 5.41) is 11.3. The third-order valence-corrected chi connectivity index (χ3v) is 5.05. The second kappa shape index (κ2) is 8.74. The molecule has 0 saturated carbocycles. The summed E-state index contributed by atoms with van der Waals surface area (Å²) in [4.78, 5) is 12.7. The Morgan fingerprint density at radius 3 is 2.00 bits per heavy atom. The van der Waals surface area contributed by atoms with Crippen LogP contribution in [0.5, 0.6) is 0 Å². The van der Waals surface area contributed by atoms with Gasteiger partial charge in [-0.1, -0.05) is 55.0 Å². The van der Waals surface area contributed by atoms with Gasteiger partial charge in [0.2, 0.25) is 17.7 Å². The van der Waals surface area contributed by atoms with E-state index in [-0.39, 0.29) is 11.8 Å². The molecule has 150 valence electrons. The first-order chi connectivity index (χ1) is 14.6. The largest absolute Gasteiger partial charge is 0.416 e. The van der Waals surface area contributed by atoms with Gasteiger partial charge >= 0.3 is 0 Å². The first-order valence-electron chi connectivity index (χ1n) is 10.0. The monoisotopic (exact) mass is 397 g/mol. The molecule has 1 heterocycles. The van der Waals surface area contributed by atoms with Crippen molar-refractivity contribution in [2.75, 3.05) is 5.32 Å². The molecule has 5 heteroatoms. The van der Waals surface area contributed by atoms with Crippen LogP contribution in [0.3, 0.4) is 0 Å². The Bertz CT molecular complexity index is 1120. The van der Waals surface area contributed by atoms with Gasteiger partial charge in [0.1, 0.15) is 0 Å². The summed E-state index contributed by atoms with van der Waals surface area (Å²) >= 11 is 0. The highest BCUT2D eigenvalue weighted by atomic mass is 16.4. The Morgan fingerprint density at radius 1 is 0.867 bits per heavy atom. The van der Waals surface area contributed by atoms with Gasteiger partial charge in [0.15, 0.2) is 0 Å². The zero-order valence-corrected chi connectivity index (χ0v) is 17.0. The number of aromatic nitrogens is 2. The smallest absolute Gasteiger partial charge is 0.248 e. The normalized spacial score (nSPS) is 11.8. The third kappa shape index (κ3) is 4.30. The van der Waals surface area contributed by atoms with E-state index in [0.29, 0.717) is 11.8 Å². The summed E-state index contributed by atoms with van der Waals surface area (Å²) in [5.74, 6) is 0.727. The number of carbonyl (C=O) groups is 1. The number of hydrogen-bond donors (Lipinski definition) is 1. The molecule has 0 bridgehead atoms. The topological polar surface area (TPSA) is 68.0 Å². The summed E-state index contributed by atoms with van der Waals surface area (Å²) in [6.45, 7) is 4.05. The number of nitrogens with one attached hydrogen (secondary N) is 1. The summed E-state index contributed by atoms with van der Waals surface area (Å²) in [6.07, 6.45) is 0.734. The highest BCUT2D eigenvalue weighted by Gasteiger charge is 2.18. The van der Waals surface area contributed by atoms with E-state index in [1.165, 1.54) is 5.56 Å². The van der Waals surface area contributed by atoms with E-state index in [1.54, 1.807) is 0 Å². The molecule has 0 aliphatic rings. The van der Waals surface area contributed by atoms with Gasteiger partial charge < -0.3 is 9.73 Å². The lowest BCUT2D eigenvalue weighted by atomic mass is 9.95. The van der Waals surface area contributed by atoms with E-state index < -0.39 is 0 Å². The molecule has 1 atom stereocenters. The van der Waals surface area contributed by atoms with Gasteiger partial charge in [-0.15, -0.1) is 10.2 Å². The summed E-state index contributed by atoms with van der Waals surface area (Å²) in [7, 11) is 0. The fourth-order valence-electron chi connectivity index (χ4n) is 3.34. The van der Waals surface area contributed by atoms with Crippen molar-refractivity contribution in [2.24, 2.45) is 0 Å². The Morgan fingerprint density at radius 2 is 1.43 bits per heavy atom. The van der Waals surface area contributed by atoms with Gasteiger partial charge in [0.05, 0.1) is 5.92 Å². The second-order valence-electron chi connectivity index (χ2n) is 7.22. The molecule has 1 amide bonds. The third-order valence-electron chi connectivity index (χ3n) is 5.05. The van der Waals surface area contributed by atoms with Crippen LogP contribution in [-0.4, -0.2) is 16.1 Å². The molecule has 0 spiro atoms. The maximum absolute atomic E-state index is 12.7. The van der Waals surface area contributed by atoms with Crippen molar-refractivity contribution in [1.82, 2.24) is 10.2 Å². The Hall–Kier alpha value is -3.73. The predicted octanol–water partition coefficient (Wildman–Crippen LogP) is 5.84. The van der Waals surface area contributed by atoms with E-state index in [1.807, 2.05) is 92.7 Å². The number of aryl methyl sites for hydroxylation is 1. The molecule has 3 aromatic carbocycles. The average molecular weight is 397 g/mol. The molecule has 4 aromatic rings. The lowest BCUT2D eigenvalue weighted by Crippen LogP contribution is -2.20. The maximum Gasteiger partial charge on any atom is 0.248 e. The Labute approximate surface area is 175 Å². The molecule has 0 aliphatic carbocycles. The lowest BCUT2D eigenvalue weighted by Gasteiger charge is -2.15. The number of anilines is 1. The van der Waals surface area contributed by atoms with E-state index in [0.717, 1.165) is 28.8 Å². The highest BCUT2D eigenvalue weighted by Crippen LogP contribution is 2.26. The number of carbonyl (C=O) groups excluding carboxylic acids is 1. The lowest BCUT2D eigenvalue weighted by molar-refractivity contribution is -0.117. The minimum absolute atomic E-state index is 0.0177. The van der Waals surface area contributed by atoms with Crippen LogP contribution in [0.4, 0.5) is 5.69 Å². The van der Waals surface area contributed by atoms with E-state index in [4.69, 9.17) is 4.42 Å². The molecular weight excluding hydrogens is 374 g/mol. The molecule has 0 fully saturated rings. The molecule has 4 rings (SSSR count). The van der Waals surface area contributed by atoms with Crippen LogP contribution >= 0.6 is 0 Å². The maximum atomic E-state index is 12.7. The molecule has 1 unspecified atom stereocenters. The minimum atomic E-state index is -0.182. The van der Waals surface area contributed by atoms with Crippen LogP contribution in [0.2, 0.25) is 0 Å². The fourth-order valence-corrected chi connectivity index (χ4v) is 3.34. The van der Waals surface area contributed by atoms with Crippen molar-refractivity contribution >= 4 is 11.6 Å². The zero-order chi connectivity index (χ0) is 20.9. The Kier molecular flexibility index (Phi) is 5.70. The number of hydrogen-bond acceptors (Lipinski definition) is 4. The predicted molar refractivity (Wildman–Crippen MR) is 118 cm³/mol. The van der Waals surface area contributed by atoms with Gasteiger partial charge in [-0.2, -0.15) is 0 Å². The summed E-state index contributed by atoms with van der Waals surface area (Å²) < 4.78 is 5.82. The summed E-state index contributed by atoms with van der Waals surface area (Å²) in [5.41, 5.74) is 4.61. The second-order valence-corrected chi connectivity index (χ2v) is 7.22. The van der Waals surface area contributed by atoms with Crippen LogP contribution in [0.25, 0.3) is 22.9 Å². The first kappa shape index (κ1) is 19.6. The van der Waals surface area contributed by atoms with Gasteiger partial charge in [-0.3, -0.25) is 4.79 Å². The van der Waals surface area contributed by atoms with Gasteiger partial charge in [-0.05, 0) is 55.3 Å². The highest BCUT2D eigenvalue weighted by molar-refractivity contribution is 5.96. The quantitative estimate of drug-likeness (QED) is 0.443. The van der Waals surface area contributed by atoms with Crippen LogP contribution < -0.4 is 5.32 Å². The van der Waals surface area contributed by atoms with Gasteiger partial charge in [0, 0.05) is 16.8 Å². The minimum Gasteiger partial charge on any atom is -0.416 e. The molecular formula is C25H23N3O2. The van der Waals surface area contributed by atoms with Crippen molar-refractivity contribution in [3.63, 3.8) is 0 Å². The van der Waals surface area contributed by atoms with Gasteiger partial charge in [-0.25, -0.2) is 0 Å². The van der Waals surface area contributed by atoms with Crippen LogP contribution in [0, 0.1) is 6.92 Å². The SMILES string of the molecule is CCC(C(=O)Nc1ccc(-c2nnc(-c3ccc(C)cc3)o2)cc1)c1ccccc1. The molecule has 30 heavy (non-hydrogen) atoms. The number of rotatable bonds is 6. The standard InChI is InChI=1S/C25H23N3O2/c1-3-22(18-7-5-4-6-8-18)23(29)26-21-15-13-20(14-16-21)25-28-27-24(30-25)19-11-9-17(2)10-12-19/h4-16,22H,3H2,1-2H3,(H,26,29). The molecule has 0 radical (unpaired) electrons. The van der Waals surface area contributed by atoms with E-state index in [2.05, 4.69) is 15.5 Å². The average Bonchev–Trinajstić information content (AvgIpc) is 3.26. The van der Waals surface area contributed by atoms with Crippen molar-refractivity contribution in [1.29, 1.82) is 0 Å². The van der Waals surface area contributed by atoms with E-state index >= 15 is 0 Å². The zero-order valence-electron chi connectivity index (χ0n) is 17.0. The molecule has 1 aromatic heterocycles. The Balaban J connectivity index is 1.47. The van der Waals surface area contributed by atoms with Crippen LogP contribution in [-0.2, 0) is 4.79 Å². The van der Waals surface area contributed by atoms with E-state index in [9.17, 15) is 4.79 Å². The van der Waals surface area contributed by atoms with Gasteiger partial charge in [0.25, 0.3) is 0 Å². The number of amides is 1. The van der Waals surface area contributed by atoms with Crippen molar-refractivity contribution in [3.05, 3.63) is 90.0 Å². The van der Waals surface area contributed by atoms with Crippen molar-refractivity contribution in [2.45, 2.75) is 26.2 Å². The molecule has 0 saturated heterocycles. The first-order valence-corrected chi connectivity index (χ1v) is 10.0. The van der Waals surface area contributed by atoms with Crippen molar-refractivity contribution < 1.29 is 9.21 Å². The number of nitrogens with zero attached hydrogens (tertiary/aromatic N) is 2. The molecule has 0 aliphatic heterocycles.